The third-order valence-corrected chi connectivity index (χ3v) is 1.32. The molecule has 0 fully saturated rings. The maximum atomic E-state index is 7.52. The zero-order valence-electron chi connectivity index (χ0n) is 8.15. The molecule has 3 N–H and O–H groups in total. The predicted octanol–water partition coefficient (Wildman–Crippen LogP) is 1.15. The fourth-order valence-electron chi connectivity index (χ4n) is 0.894. The Kier molecular flexibility index (Phi) is 0.529. The van der Waals surface area contributed by atoms with Gasteiger partial charge in [0.15, 0.2) is 10.2 Å². The zero-order valence-corrected chi connectivity index (χ0v) is 5.15. The van der Waals surface area contributed by atoms with Crippen LogP contribution in [0.5, 0.6) is 0 Å². The fraction of sp³-hybridized carbons (Fsp3) is 0. The Morgan fingerprint density at radius 2 is 2.50 bits per heavy atom. The highest BCUT2D eigenvalue weighted by Crippen LogP contribution is 2.10. The summed E-state index contributed by atoms with van der Waals surface area (Å²) in [6, 6.07) is 7.06. The highest BCUT2D eigenvalue weighted by Gasteiger charge is 1.94. The van der Waals surface area contributed by atoms with Crippen LogP contribution in [0.1, 0.15) is 0 Å². The summed E-state index contributed by atoms with van der Waals surface area (Å²) in [4.78, 5) is 4.91. The molecule has 0 aliphatic heterocycles. The molecule has 10 heavy (non-hydrogen) atoms. The molecule has 0 amide bonds. The highest BCUT2D eigenvalue weighted by atomic mass is 15.0. The number of nitrogen functional groups attached to an aromatic ring is 1. The van der Waals surface area contributed by atoms with Crippen LogP contribution in [0.3, 0.4) is 0 Å². The van der Waals surface area contributed by atoms with Gasteiger partial charge in [-0.25, -0.2) is 4.98 Å². The molecule has 0 bridgehead atoms. The number of aromatic nitrogens is 2. The van der Waals surface area contributed by atoms with Crippen molar-refractivity contribution in [3.63, 3.8) is 0 Å². The van der Waals surface area contributed by atoms with E-state index in [0.29, 0.717) is 16.8 Å². The van der Waals surface area contributed by atoms with E-state index in [9.17, 15) is 0 Å². The van der Waals surface area contributed by atoms with E-state index in [-0.39, 0.29) is 5.95 Å². The number of aromatic amines is 1. The van der Waals surface area contributed by atoms with Gasteiger partial charge in [-0.3, -0.25) is 0 Å². The molecule has 2 aromatic rings. The number of H-pyrrole nitrogens is 1. The SMILES string of the molecule is [2H]N([2H])c1nc2ccccc2n1[2H]. The first kappa shape index (κ1) is 3.05. The van der Waals surface area contributed by atoms with Gasteiger partial charge in [-0.1, -0.05) is 12.1 Å². The molecule has 0 radical (unpaired) electrons. The van der Waals surface area contributed by atoms with E-state index in [1.165, 1.54) is 0 Å². The topological polar surface area (TPSA) is 54.7 Å². The van der Waals surface area contributed by atoms with Crippen molar-refractivity contribution in [1.82, 2.24) is 9.96 Å². The molecular formula is C7H7N3. The first-order valence-corrected chi connectivity index (χ1v) is 2.95. The van der Waals surface area contributed by atoms with Crippen molar-refractivity contribution in [2.24, 2.45) is 0 Å². The van der Waals surface area contributed by atoms with Gasteiger partial charge in [0, 0.05) is 0 Å². The zero-order chi connectivity index (χ0) is 9.42. The monoisotopic (exact) mass is 136 g/mol. The second-order valence-electron chi connectivity index (χ2n) is 2.01. The molecule has 0 atom stereocenters. The average molecular weight is 136 g/mol. The van der Waals surface area contributed by atoms with E-state index in [4.69, 9.17) is 4.24 Å². The lowest BCUT2D eigenvalue weighted by Crippen LogP contribution is -1.84. The lowest BCUT2D eigenvalue weighted by Gasteiger charge is -1.81. The molecule has 2 rings (SSSR count). The Hall–Kier alpha value is -1.51. The number of nitrogens with zero attached hydrogens (tertiary/aromatic N) is 1. The van der Waals surface area contributed by atoms with Crippen LogP contribution in [0.2, 0.25) is 4.24 Å². The first-order chi connectivity index (χ1) is 6.20. The van der Waals surface area contributed by atoms with E-state index < -0.39 is 0 Å². The molecule has 0 saturated heterocycles. The van der Waals surface area contributed by atoms with E-state index >= 15 is 0 Å². The van der Waals surface area contributed by atoms with Crippen LogP contribution >= 0.6 is 0 Å². The Labute approximate surface area is 62.3 Å². The molecule has 0 unspecified atom stereocenters. The molecule has 0 aliphatic carbocycles. The maximum absolute atomic E-state index is 7.52. The number of nitrogens with one attached hydrogen (secondary N) is 1. The number of para-hydroxylation sites is 2. The largest absolute Gasteiger partial charge is 0.369 e. The summed E-state index contributed by atoms with van der Waals surface area (Å²) >= 11 is 0. The predicted molar refractivity (Wildman–Crippen MR) is 40.5 cm³/mol. The van der Waals surface area contributed by atoms with Gasteiger partial charge < -0.3 is 10.7 Å². The Morgan fingerprint density at radius 1 is 1.60 bits per heavy atom. The van der Waals surface area contributed by atoms with Crippen LogP contribution in [-0.4, -0.2) is 9.96 Å². The summed E-state index contributed by atoms with van der Waals surface area (Å²) in [6.07, 6.45) is 0. The van der Waals surface area contributed by atoms with Crippen molar-refractivity contribution in [3.8, 4) is 0 Å². The number of anilines is 1. The first-order valence-electron chi connectivity index (χ1n) is 4.29. The van der Waals surface area contributed by atoms with Crippen LogP contribution in [0, 0.1) is 0 Å². The lowest BCUT2D eigenvalue weighted by atomic mass is 10.3. The summed E-state index contributed by atoms with van der Waals surface area (Å²) in [7, 11) is 0. The minimum Gasteiger partial charge on any atom is -0.369 e. The van der Waals surface area contributed by atoms with E-state index in [2.05, 4.69) is 4.98 Å². The van der Waals surface area contributed by atoms with Crippen LogP contribution in [0.4, 0.5) is 5.95 Å². The third-order valence-electron chi connectivity index (χ3n) is 1.32. The number of imidazole rings is 1. The molecule has 1 aromatic heterocycles. The Morgan fingerprint density at radius 3 is 3.30 bits per heavy atom. The van der Waals surface area contributed by atoms with Gasteiger partial charge in [-0.2, -0.15) is 0 Å². The van der Waals surface area contributed by atoms with Gasteiger partial charge in [0.1, 0.15) is 0 Å². The van der Waals surface area contributed by atoms with E-state index in [0.717, 1.165) is 4.98 Å². The van der Waals surface area contributed by atoms with Crippen molar-refractivity contribution in [2.75, 3.05) is 5.72 Å². The standard InChI is InChI=1S/C7H7N3/c8-7-9-5-3-1-2-4-6(5)10-7/h1-4H,(H3,8,9,10)/i/hD3. The molecule has 50 valence electrons. The molecule has 3 nitrogen and oxygen atoms in total. The number of benzene rings is 1. The van der Waals surface area contributed by atoms with Gasteiger partial charge in [-0.15, -0.1) is 0 Å². The Balaban J connectivity index is 2.74. The van der Waals surface area contributed by atoms with Crippen LogP contribution < -0.4 is 5.72 Å². The highest BCUT2D eigenvalue weighted by molar-refractivity contribution is 5.76. The second-order valence-corrected chi connectivity index (χ2v) is 2.01. The molecule has 0 aliphatic rings. The van der Waals surface area contributed by atoms with E-state index in [1.807, 2.05) is 0 Å². The van der Waals surface area contributed by atoms with Crippen molar-refractivity contribution >= 4 is 17.0 Å². The maximum Gasteiger partial charge on any atom is 0.198 e. The number of nitrogens with two attached hydrogens (primary N) is 1. The van der Waals surface area contributed by atoms with Crippen molar-refractivity contribution in [1.29, 1.82) is 0 Å². The van der Waals surface area contributed by atoms with Gasteiger partial charge >= 0.3 is 0 Å². The van der Waals surface area contributed by atoms with Crippen LogP contribution in [0.15, 0.2) is 24.3 Å². The molecule has 3 heteroatoms. The smallest absolute Gasteiger partial charge is 0.198 e. The summed E-state index contributed by atoms with van der Waals surface area (Å²) in [6.45, 7) is 0. The molecule has 0 saturated carbocycles. The molecule has 1 heterocycles. The minimum absolute atomic E-state index is 0.0128. The summed E-state index contributed by atoms with van der Waals surface area (Å²) < 4.78 is 21.5. The quantitative estimate of drug-likeness (QED) is 0.617. The summed E-state index contributed by atoms with van der Waals surface area (Å²) in [5.41, 5.74) is 1.55. The summed E-state index contributed by atoms with van der Waals surface area (Å²) in [5, 5.41) is 0. The number of hydrogen-bond acceptors (Lipinski definition) is 2. The van der Waals surface area contributed by atoms with Crippen molar-refractivity contribution in [3.05, 3.63) is 24.3 Å². The Bertz CT molecular complexity index is 437. The van der Waals surface area contributed by atoms with Gasteiger partial charge in [0.25, 0.3) is 0 Å². The fourth-order valence-corrected chi connectivity index (χ4v) is 0.894. The normalized spacial score (nSPS) is 14.2. The number of rotatable bonds is 1. The lowest BCUT2D eigenvalue weighted by molar-refractivity contribution is 1.35. The van der Waals surface area contributed by atoms with Crippen LogP contribution in [0.25, 0.3) is 11.0 Å². The van der Waals surface area contributed by atoms with Gasteiger partial charge in [-0.05, 0) is 12.1 Å². The average Bonchev–Trinajstić information content (AvgIpc) is 2.45. The van der Waals surface area contributed by atoms with Gasteiger partial charge in [0.2, 0.25) is 0 Å². The molecule has 1 aromatic carbocycles. The van der Waals surface area contributed by atoms with Gasteiger partial charge in [0.05, 0.1) is 11.0 Å². The van der Waals surface area contributed by atoms with Crippen molar-refractivity contribution < 1.29 is 4.24 Å². The van der Waals surface area contributed by atoms with Crippen LogP contribution in [-0.2, 0) is 0 Å². The second kappa shape index (κ2) is 1.73. The van der Waals surface area contributed by atoms with Crippen molar-refractivity contribution in [2.45, 2.75) is 0 Å². The van der Waals surface area contributed by atoms with E-state index in [1.54, 1.807) is 24.3 Å². The molecular weight excluding hydrogens is 126 g/mol. The number of hydrogen-bond donors (Lipinski definition) is 2. The third kappa shape index (κ3) is 0.639. The molecule has 0 spiro atoms. The summed E-state index contributed by atoms with van der Waals surface area (Å²) in [5.74, 6) is -0.0128. The number of fused-ring (bicyclic) bond motifs is 1. The minimum atomic E-state index is -0.0128.